The van der Waals surface area contributed by atoms with Crippen molar-refractivity contribution in [1.82, 2.24) is 4.98 Å². The molecule has 8 heteroatoms. The van der Waals surface area contributed by atoms with Crippen LogP contribution in [0.2, 0.25) is 0 Å². The van der Waals surface area contributed by atoms with Crippen LogP contribution in [0.25, 0.3) is 10.2 Å². The first kappa shape index (κ1) is 21.7. The van der Waals surface area contributed by atoms with Gasteiger partial charge in [0.1, 0.15) is 0 Å². The molecule has 0 atom stereocenters. The summed E-state index contributed by atoms with van der Waals surface area (Å²) in [4.78, 5) is 17.4. The van der Waals surface area contributed by atoms with Crippen LogP contribution in [0, 0.1) is 0 Å². The molecule has 158 valence electrons. The van der Waals surface area contributed by atoms with Gasteiger partial charge in [-0.2, -0.15) is 0 Å². The molecule has 4 aromatic rings. The number of aromatic nitrogens is 1. The zero-order chi connectivity index (χ0) is 21.8. The normalized spacial score (nSPS) is 10.8. The summed E-state index contributed by atoms with van der Waals surface area (Å²) in [6, 6.07) is 19.1. The highest BCUT2D eigenvalue weighted by molar-refractivity contribution is 9.10. The molecule has 1 heterocycles. The second kappa shape index (κ2) is 9.72. The smallest absolute Gasteiger partial charge is 0.255 e. The van der Waals surface area contributed by atoms with E-state index >= 15 is 0 Å². The number of thiazole rings is 1. The van der Waals surface area contributed by atoms with Crippen molar-refractivity contribution in [2.24, 2.45) is 0 Å². The minimum Gasteiger partial charge on any atom is -0.493 e. The quantitative estimate of drug-likeness (QED) is 0.280. The van der Waals surface area contributed by atoms with Gasteiger partial charge in [0, 0.05) is 21.5 Å². The van der Waals surface area contributed by atoms with Crippen molar-refractivity contribution in [3.8, 4) is 11.5 Å². The Balaban J connectivity index is 1.46. The van der Waals surface area contributed by atoms with E-state index in [2.05, 4.69) is 33.4 Å². The fourth-order valence-electron chi connectivity index (χ4n) is 2.95. The Hall–Kier alpha value is -2.55. The topological polar surface area (TPSA) is 60.5 Å². The number of hydrogen-bond acceptors (Lipinski definition) is 6. The van der Waals surface area contributed by atoms with Crippen LogP contribution in [0.4, 0.5) is 5.69 Å². The zero-order valence-corrected chi connectivity index (χ0v) is 20.1. The van der Waals surface area contributed by atoms with Crippen LogP contribution in [0.15, 0.2) is 69.5 Å². The second-order valence-corrected chi connectivity index (χ2v) is 9.77. The second-order valence-electron chi connectivity index (χ2n) is 6.60. The van der Waals surface area contributed by atoms with Crippen LogP contribution in [-0.2, 0) is 5.75 Å². The molecule has 0 aliphatic rings. The van der Waals surface area contributed by atoms with E-state index in [0.717, 1.165) is 30.5 Å². The Morgan fingerprint density at radius 1 is 1.03 bits per heavy atom. The number of amides is 1. The van der Waals surface area contributed by atoms with Gasteiger partial charge < -0.3 is 14.8 Å². The maximum atomic E-state index is 12.7. The summed E-state index contributed by atoms with van der Waals surface area (Å²) < 4.78 is 13.6. The number of methoxy groups -OCH3 is 2. The van der Waals surface area contributed by atoms with Crippen LogP contribution in [-0.4, -0.2) is 25.1 Å². The molecule has 1 N–H and O–H groups in total. The molecule has 31 heavy (non-hydrogen) atoms. The van der Waals surface area contributed by atoms with Gasteiger partial charge in [0.2, 0.25) is 0 Å². The number of carbonyl (C=O) groups excluding carboxylic acids is 1. The van der Waals surface area contributed by atoms with Crippen LogP contribution in [0.1, 0.15) is 15.9 Å². The number of carbonyl (C=O) groups is 1. The van der Waals surface area contributed by atoms with Crippen molar-refractivity contribution >= 4 is 60.8 Å². The fraction of sp³-hybridized carbons (Fsp3) is 0.130. The third-order valence-electron chi connectivity index (χ3n) is 4.55. The van der Waals surface area contributed by atoms with Gasteiger partial charge in [-0.3, -0.25) is 4.79 Å². The molecule has 0 aliphatic heterocycles. The molecule has 0 unspecified atom stereocenters. The molecule has 0 bridgehead atoms. The van der Waals surface area contributed by atoms with Gasteiger partial charge in [0.05, 0.1) is 24.4 Å². The van der Waals surface area contributed by atoms with E-state index in [-0.39, 0.29) is 5.91 Å². The fourth-order valence-corrected chi connectivity index (χ4v) is 5.28. The van der Waals surface area contributed by atoms with Crippen molar-refractivity contribution < 1.29 is 14.3 Å². The van der Waals surface area contributed by atoms with Crippen molar-refractivity contribution in [3.05, 3.63) is 76.3 Å². The maximum absolute atomic E-state index is 12.7. The highest BCUT2D eigenvalue weighted by Gasteiger charge is 2.12. The lowest BCUT2D eigenvalue weighted by molar-refractivity contribution is 0.102. The first-order valence-corrected chi connectivity index (χ1v) is 12.0. The SMILES string of the molecule is COc1ccc(C(=O)Nc2ccc3nc(SCc4ccc(Br)cc4)sc3c2)cc1OC. The summed E-state index contributed by atoms with van der Waals surface area (Å²) >= 11 is 6.79. The summed E-state index contributed by atoms with van der Waals surface area (Å²) in [7, 11) is 3.11. The molecule has 1 amide bonds. The lowest BCUT2D eigenvalue weighted by Gasteiger charge is -2.10. The van der Waals surface area contributed by atoms with E-state index in [9.17, 15) is 4.79 Å². The largest absolute Gasteiger partial charge is 0.493 e. The summed E-state index contributed by atoms with van der Waals surface area (Å²) in [5, 5.41) is 2.94. The van der Waals surface area contributed by atoms with E-state index in [1.165, 1.54) is 5.56 Å². The molecular formula is C23H19BrN2O3S2. The van der Waals surface area contributed by atoms with Crippen molar-refractivity contribution in [3.63, 3.8) is 0 Å². The molecule has 0 spiro atoms. The predicted molar refractivity (Wildman–Crippen MR) is 131 cm³/mol. The number of hydrogen-bond donors (Lipinski definition) is 1. The third-order valence-corrected chi connectivity index (χ3v) is 7.31. The van der Waals surface area contributed by atoms with Crippen LogP contribution in [0.5, 0.6) is 11.5 Å². The summed E-state index contributed by atoms with van der Waals surface area (Å²) in [6.45, 7) is 0. The molecule has 3 aromatic carbocycles. The Morgan fingerprint density at radius 2 is 1.81 bits per heavy atom. The number of fused-ring (bicyclic) bond motifs is 1. The number of halogens is 1. The van der Waals surface area contributed by atoms with Gasteiger partial charge in [-0.05, 0) is 54.1 Å². The molecule has 4 rings (SSSR count). The minimum absolute atomic E-state index is 0.213. The van der Waals surface area contributed by atoms with E-state index in [4.69, 9.17) is 14.5 Å². The first-order chi connectivity index (χ1) is 15.1. The van der Waals surface area contributed by atoms with Gasteiger partial charge in [0.15, 0.2) is 15.8 Å². The Morgan fingerprint density at radius 3 is 2.55 bits per heavy atom. The molecule has 0 radical (unpaired) electrons. The Bertz CT molecular complexity index is 1230. The lowest BCUT2D eigenvalue weighted by atomic mass is 10.2. The third kappa shape index (κ3) is 5.20. The number of thioether (sulfide) groups is 1. The van der Waals surface area contributed by atoms with Gasteiger partial charge in [-0.25, -0.2) is 4.98 Å². The summed E-state index contributed by atoms with van der Waals surface area (Å²) in [5.74, 6) is 1.74. The standard InChI is InChI=1S/C23H19BrN2O3S2/c1-28-19-10-5-15(11-20(19)29-2)22(27)25-17-8-9-18-21(12-17)31-23(26-18)30-13-14-3-6-16(24)7-4-14/h3-12H,13H2,1-2H3,(H,25,27). The van der Waals surface area contributed by atoms with Gasteiger partial charge in [-0.15, -0.1) is 11.3 Å². The van der Waals surface area contributed by atoms with Gasteiger partial charge in [-0.1, -0.05) is 39.8 Å². The molecule has 0 aliphatic carbocycles. The zero-order valence-electron chi connectivity index (χ0n) is 16.8. The monoisotopic (exact) mass is 514 g/mol. The average molecular weight is 515 g/mol. The first-order valence-electron chi connectivity index (χ1n) is 9.37. The summed E-state index contributed by atoms with van der Waals surface area (Å²) in [5.41, 5.74) is 3.39. The van der Waals surface area contributed by atoms with Gasteiger partial charge >= 0.3 is 0 Å². The molecule has 0 saturated carbocycles. The average Bonchev–Trinajstić information content (AvgIpc) is 3.20. The highest BCUT2D eigenvalue weighted by atomic mass is 79.9. The van der Waals surface area contributed by atoms with Crippen molar-refractivity contribution in [2.75, 3.05) is 19.5 Å². The number of benzene rings is 3. The molecule has 0 fully saturated rings. The maximum Gasteiger partial charge on any atom is 0.255 e. The molecule has 1 aromatic heterocycles. The number of anilines is 1. The Labute approximate surface area is 196 Å². The highest BCUT2D eigenvalue weighted by Crippen LogP contribution is 2.33. The van der Waals surface area contributed by atoms with Crippen molar-refractivity contribution in [2.45, 2.75) is 10.1 Å². The Kier molecular flexibility index (Phi) is 6.80. The van der Waals surface area contributed by atoms with Crippen LogP contribution in [0.3, 0.4) is 0 Å². The van der Waals surface area contributed by atoms with E-state index in [1.54, 1.807) is 55.5 Å². The van der Waals surface area contributed by atoms with Crippen LogP contribution < -0.4 is 14.8 Å². The van der Waals surface area contributed by atoms with E-state index < -0.39 is 0 Å². The number of nitrogens with zero attached hydrogens (tertiary/aromatic N) is 1. The summed E-state index contributed by atoms with van der Waals surface area (Å²) in [6.07, 6.45) is 0. The predicted octanol–water partition coefficient (Wildman–Crippen LogP) is 6.62. The molecule has 5 nitrogen and oxygen atoms in total. The number of ether oxygens (including phenoxy) is 2. The minimum atomic E-state index is -0.213. The van der Waals surface area contributed by atoms with E-state index in [0.29, 0.717) is 17.1 Å². The molecular weight excluding hydrogens is 496 g/mol. The van der Waals surface area contributed by atoms with Crippen LogP contribution >= 0.6 is 39.0 Å². The van der Waals surface area contributed by atoms with Crippen molar-refractivity contribution in [1.29, 1.82) is 0 Å². The van der Waals surface area contributed by atoms with E-state index in [1.807, 2.05) is 30.3 Å². The van der Waals surface area contributed by atoms with Gasteiger partial charge in [0.25, 0.3) is 5.91 Å². The number of nitrogens with one attached hydrogen (secondary N) is 1. The molecule has 0 saturated heterocycles. The number of rotatable bonds is 7. The lowest BCUT2D eigenvalue weighted by Crippen LogP contribution is -2.12.